The van der Waals surface area contributed by atoms with Crippen LogP contribution in [0.25, 0.3) is 0 Å². The van der Waals surface area contributed by atoms with Crippen LogP contribution < -0.4 is 5.73 Å². The molecule has 0 aliphatic heterocycles. The van der Waals surface area contributed by atoms with E-state index < -0.39 is 0 Å². The first-order valence-electron chi connectivity index (χ1n) is 4.65. The summed E-state index contributed by atoms with van der Waals surface area (Å²) in [5, 5.41) is 0. The highest BCUT2D eigenvalue weighted by molar-refractivity contribution is 7.80. The third-order valence-corrected chi connectivity index (χ3v) is 2.82. The van der Waals surface area contributed by atoms with Crippen molar-refractivity contribution in [3.05, 3.63) is 53.8 Å². The first kappa shape index (κ1) is 10.1. The van der Waals surface area contributed by atoms with Crippen LogP contribution in [0, 0.1) is 0 Å². The topological polar surface area (TPSA) is 43.1 Å². The molecule has 15 heavy (non-hydrogen) atoms. The lowest BCUT2D eigenvalue weighted by atomic mass is 9.88. The Labute approximate surface area is 93.9 Å². The van der Waals surface area contributed by atoms with E-state index in [0.29, 0.717) is 5.70 Å². The SMILES string of the molecule is NC1=CC=CC(=O)C1c1ccccc1S. The number of thiol groups is 1. The van der Waals surface area contributed by atoms with E-state index in [4.69, 9.17) is 5.73 Å². The maximum atomic E-state index is 11.7. The van der Waals surface area contributed by atoms with Gasteiger partial charge in [0.1, 0.15) is 0 Å². The van der Waals surface area contributed by atoms with Crippen molar-refractivity contribution in [3.63, 3.8) is 0 Å². The Morgan fingerprint density at radius 3 is 2.67 bits per heavy atom. The number of hydrogen-bond donors (Lipinski definition) is 2. The van der Waals surface area contributed by atoms with Gasteiger partial charge in [0.15, 0.2) is 5.78 Å². The standard InChI is InChI=1S/C12H11NOS/c13-9-5-3-6-10(14)12(9)8-4-1-2-7-11(8)15/h1-7,12,15H,13H2. The zero-order valence-electron chi connectivity index (χ0n) is 8.05. The molecule has 76 valence electrons. The maximum Gasteiger partial charge on any atom is 0.169 e. The molecule has 1 aromatic carbocycles. The lowest BCUT2D eigenvalue weighted by Gasteiger charge is -2.18. The van der Waals surface area contributed by atoms with E-state index in [2.05, 4.69) is 12.6 Å². The molecule has 1 aromatic rings. The van der Waals surface area contributed by atoms with Gasteiger partial charge in [-0.05, 0) is 23.8 Å². The minimum Gasteiger partial charge on any atom is -0.401 e. The summed E-state index contributed by atoms with van der Waals surface area (Å²) in [5.74, 6) is -0.361. The van der Waals surface area contributed by atoms with Gasteiger partial charge in [-0.2, -0.15) is 0 Å². The normalized spacial score (nSPS) is 20.2. The van der Waals surface area contributed by atoms with Crippen molar-refractivity contribution in [2.75, 3.05) is 0 Å². The van der Waals surface area contributed by atoms with Crippen molar-refractivity contribution in [3.8, 4) is 0 Å². The van der Waals surface area contributed by atoms with E-state index >= 15 is 0 Å². The van der Waals surface area contributed by atoms with Gasteiger partial charge in [0, 0.05) is 10.6 Å². The predicted molar refractivity (Wildman–Crippen MR) is 62.9 cm³/mol. The number of ketones is 1. The first-order chi connectivity index (χ1) is 7.20. The monoisotopic (exact) mass is 217 g/mol. The molecule has 0 heterocycles. The van der Waals surface area contributed by atoms with Crippen LogP contribution in [0.3, 0.4) is 0 Å². The fourth-order valence-electron chi connectivity index (χ4n) is 1.68. The molecular weight excluding hydrogens is 206 g/mol. The molecule has 1 aliphatic rings. The molecule has 2 N–H and O–H groups in total. The largest absolute Gasteiger partial charge is 0.401 e. The summed E-state index contributed by atoms with van der Waals surface area (Å²) in [4.78, 5) is 12.5. The zero-order valence-corrected chi connectivity index (χ0v) is 8.95. The average molecular weight is 217 g/mol. The van der Waals surface area contributed by atoms with Gasteiger partial charge in [-0.1, -0.05) is 24.3 Å². The maximum absolute atomic E-state index is 11.7. The third-order valence-electron chi connectivity index (χ3n) is 2.41. The molecule has 1 aliphatic carbocycles. The minimum atomic E-state index is -0.372. The summed E-state index contributed by atoms with van der Waals surface area (Å²) in [6.45, 7) is 0. The molecule has 0 bridgehead atoms. The first-order valence-corrected chi connectivity index (χ1v) is 5.10. The molecule has 0 saturated carbocycles. The summed E-state index contributed by atoms with van der Waals surface area (Å²) >= 11 is 4.33. The summed E-state index contributed by atoms with van der Waals surface area (Å²) < 4.78 is 0. The second kappa shape index (κ2) is 3.95. The molecule has 1 atom stereocenters. The highest BCUT2D eigenvalue weighted by Crippen LogP contribution is 2.29. The number of hydrogen-bond acceptors (Lipinski definition) is 3. The second-order valence-electron chi connectivity index (χ2n) is 3.42. The van der Waals surface area contributed by atoms with Gasteiger partial charge in [0.25, 0.3) is 0 Å². The highest BCUT2D eigenvalue weighted by atomic mass is 32.1. The van der Waals surface area contributed by atoms with E-state index in [0.717, 1.165) is 10.5 Å². The Morgan fingerprint density at radius 2 is 2.00 bits per heavy atom. The minimum absolute atomic E-state index is 0.0106. The Bertz CT molecular complexity index is 462. The fourth-order valence-corrected chi connectivity index (χ4v) is 1.96. The molecule has 0 saturated heterocycles. The molecular formula is C12H11NOS. The predicted octanol–water partition coefficient (Wildman–Crippen LogP) is 2.04. The molecule has 2 rings (SSSR count). The van der Waals surface area contributed by atoms with Crippen LogP contribution in [0.1, 0.15) is 11.5 Å². The number of nitrogens with two attached hydrogens (primary N) is 1. The number of allylic oxidation sites excluding steroid dienone is 4. The van der Waals surface area contributed by atoms with E-state index in [1.807, 2.05) is 24.3 Å². The van der Waals surface area contributed by atoms with Gasteiger partial charge in [-0.3, -0.25) is 4.79 Å². The zero-order chi connectivity index (χ0) is 10.8. The van der Waals surface area contributed by atoms with Gasteiger partial charge < -0.3 is 5.73 Å². The van der Waals surface area contributed by atoms with Crippen molar-refractivity contribution >= 4 is 18.4 Å². The van der Waals surface area contributed by atoms with Crippen molar-refractivity contribution in [1.29, 1.82) is 0 Å². The summed E-state index contributed by atoms with van der Waals surface area (Å²) in [6.07, 6.45) is 4.98. The van der Waals surface area contributed by atoms with Crippen LogP contribution in [0.15, 0.2) is 53.1 Å². The Morgan fingerprint density at radius 1 is 1.27 bits per heavy atom. The number of benzene rings is 1. The number of carbonyl (C=O) groups excluding carboxylic acids is 1. The van der Waals surface area contributed by atoms with Crippen LogP contribution in [0.5, 0.6) is 0 Å². The van der Waals surface area contributed by atoms with Gasteiger partial charge in [-0.25, -0.2) is 0 Å². The van der Waals surface area contributed by atoms with Crippen LogP contribution in [-0.4, -0.2) is 5.78 Å². The highest BCUT2D eigenvalue weighted by Gasteiger charge is 2.24. The van der Waals surface area contributed by atoms with Gasteiger partial charge in [0.2, 0.25) is 0 Å². The average Bonchev–Trinajstić information content (AvgIpc) is 2.20. The van der Waals surface area contributed by atoms with Gasteiger partial charge in [0.05, 0.1) is 5.92 Å². The van der Waals surface area contributed by atoms with Crippen LogP contribution in [-0.2, 0) is 4.79 Å². The lowest BCUT2D eigenvalue weighted by molar-refractivity contribution is -0.115. The molecule has 0 aromatic heterocycles. The van der Waals surface area contributed by atoms with Crippen molar-refractivity contribution in [2.24, 2.45) is 5.73 Å². The number of carbonyl (C=O) groups is 1. The van der Waals surface area contributed by atoms with Crippen LogP contribution in [0.4, 0.5) is 0 Å². The molecule has 0 spiro atoms. The van der Waals surface area contributed by atoms with Crippen molar-refractivity contribution in [1.82, 2.24) is 0 Å². The smallest absolute Gasteiger partial charge is 0.169 e. The summed E-state index contributed by atoms with van der Waals surface area (Å²) in [7, 11) is 0. The summed E-state index contributed by atoms with van der Waals surface area (Å²) in [5.41, 5.74) is 7.26. The van der Waals surface area contributed by atoms with Gasteiger partial charge in [-0.15, -0.1) is 12.6 Å². The Balaban J connectivity index is 2.48. The van der Waals surface area contributed by atoms with Crippen LogP contribution >= 0.6 is 12.6 Å². The quantitative estimate of drug-likeness (QED) is 0.707. The Kier molecular flexibility index (Phi) is 2.64. The van der Waals surface area contributed by atoms with Crippen molar-refractivity contribution < 1.29 is 4.79 Å². The van der Waals surface area contributed by atoms with Crippen molar-refractivity contribution in [2.45, 2.75) is 10.8 Å². The van der Waals surface area contributed by atoms with E-state index in [-0.39, 0.29) is 11.7 Å². The second-order valence-corrected chi connectivity index (χ2v) is 3.90. The third kappa shape index (κ3) is 1.83. The Hall–Kier alpha value is -1.48. The molecule has 0 amide bonds. The molecule has 2 nitrogen and oxygen atoms in total. The van der Waals surface area contributed by atoms with E-state index in [1.54, 1.807) is 18.2 Å². The molecule has 1 unspecified atom stereocenters. The molecule has 0 fully saturated rings. The van der Waals surface area contributed by atoms with Crippen LogP contribution in [0.2, 0.25) is 0 Å². The molecule has 3 heteroatoms. The summed E-state index contributed by atoms with van der Waals surface area (Å²) in [6, 6.07) is 7.50. The molecule has 0 radical (unpaired) electrons. The number of rotatable bonds is 1. The fraction of sp³-hybridized carbons (Fsp3) is 0.0833. The van der Waals surface area contributed by atoms with Gasteiger partial charge >= 0.3 is 0 Å². The van der Waals surface area contributed by atoms with E-state index in [9.17, 15) is 4.79 Å². The lowest BCUT2D eigenvalue weighted by Crippen LogP contribution is -2.20. The van der Waals surface area contributed by atoms with E-state index in [1.165, 1.54) is 0 Å².